The van der Waals surface area contributed by atoms with E-state index in [0.717, 1.165) is 75.7 Å². The van der Waals surface area contributed by atoms with Gasteiger partial charge in [0, 0.05) is 6.42 Å². The Balaban J connectivity index is 0.000000427. The molecule has 2 N–H and O–H groups in total. The number of hydrogen-bond acceptors (Lipinski definition) is 4. The number of rotatable bonds is 16. The zero-order valence-corrected chi connectivity index (χ0v) is 23.0. The fourth-order valence-electron chi connectivity index (χ4n) is 4.78. The number of esters is 1. The average Bonchev–Trinajstić information content (AvgIpc) is 3.19. The smallest absolute Gasteiger partial charge is 0.305 e. The van der Waals surface area contributed by atoms with Gasteiger partial charge >= 0.3 is 5.97 Å². The number of carbonyl (C=O) groups excluding carboxylic acids is 1. The van der Waals surface area contributed by atoms with E-state index in [1.807, 2.05) is 32.2 Å². The molecule has 0 aliphatic heterocycles. The third kappa shape index (κ3) is 16.6. The predicted octanol–water partition coefficient (Wildman–Crippen LogP) is 7.11. The molecule has 1 aromatic carbocycles. The van der Waals surface area contributed by atoms with Gasteiger partial charge in [-0.15, -0.1) is 0 Å². The summed E-state index contributed by atoms with van der Waals surface area (Å²) in [7, 11) is 1.96. The maximum atomic E-state index is 11.6. The van der Waals surface area contributed by atoms with Crippen molar-refractivity contribution in [2.24, 2.45) is 17.8 Å². The standard InChI is InChI=1S/C20H37NO2.C11H16O/c1-17-15-18(2)19(16-17)11-7-4-5-8-12-20(22)23-14-10-6-9-13-21-3;1-2-11(12)9-8-10-6-4-3-5-7-10/h4,7,17-19,21H,5-6,8-16H2,1-3H3;3-7,11-12H,2,8-9H2,1H3/b7-4-;/t17-,18+,19-;11-/m11/s1. The minimum Gasteiger partial charge on any atom is -0.466 e. The molecular formula is C31H53NO3. The number of aliphatic hydroxyl groups excluding tert-OH is 1. The number of allylic oxidation sites excluding steroid dienone is 2. The van der Waals surface area contributed by atoms with Gasteiger partial charge in [-0.05, 0) is 108 Å². The predicted molar refractivity (Wildman–Crippen MR) is 148 cm³/mol. The largest absolute Gasteiger partial charge is 0.466 e. The van der Waals surface area contributed by atoms with Crippen molar-refractivity contribution >= 4 is 5.97 Å². The molecule has 0 saturated heterocycles. The van der Waals surface area contributed by atoms with Crippen LogP contribution in [0.15, 0.2) is 42.5 Å². The highest BCUT2D eigenvalue weighted by molar-refractivity contribution is 5.69. The summed E-state index contributed by atoms with van der Waals surface area (Å²) in [6.07, 6.45) is 16.8. The van der Waals surface area contributed by atoms with Gasteiger partial charge in [-0.1, -0.05) is 63.3 Å². The molecule has 1 aliphatic carbocycles. The minimum absolute atomic E-state index is 0.0368. The molecule has 4 nitrogen and oxygen atoms in total. The summed E-state index contributed by atoms with van der Waals surface area (Å²) in [5.74, 6) is 2.61. The SMILES string of the molecule is CC[C@@H](O)CCc1ccccc1.CNCCCCCOC(=O)CCC/C=C\C[C@@H]1C[C@H](C)C[C@@H]1C. The lowest BCUT2D eigenvalue weighted by Crippen LogP contribution is -2.09. The van der Waals surface area contributed by atoms with E-state index in [2.05, 4.69) is 43.4 Å². The van der Waals surface area contributed by atoms with Crippen LogP contribution in [-0.4, -0.2) is 37.4 Å². The third-order valence-corrected chi connectivity index (χ3v) is 7.06. The van der Waals surface area contributed by atoms with Crippen LogP contribution in [0.25, 0.3) is 0 Å². The third-order valence-electron chi connectivity index (χ3n) is 7.06. The first-order chi connectivity index (χ1) is 17.0. The van der Waals surface area contributed by atoms with Crippen LogP contribution in [0.5, 0.6) is 0 Å². The van der Waals surface area contributed by atoms with Gasteiger partial charge in [0.15, 0.2) is 0 Å². The van der Waals surface area contributed by atoms with Crippen LogP contribution in [0.3, 0.4) is 0 Å². The zero-order valence-electron chi connectivity index (χ0n) is 23.0. The Bertz CT molecular complexity index is 660. The minimum atomic E-state index is -0.134. The van der Waals surface area contributed by atoms with Gasteiger partial charge in [0.05, 0.1) is 12.7 Å². The Morgan fingerprint density at radius 1 is 1.11 bits per heavy atom. The Kier molecular flexibility index (Phi) is 18.4. The Hall–Kier alpha value is -1.65. The molecule has 4 atom stereocenters. The molecule has 1 fully saturated rings. The second-order valence-corrected chi connectivity index (χ2v) is 10.4. The highest BCUT2D eigenvalue weighted by atomic mass is 16.5. The summed E-state index contributed by atoms with van der Waals surface area (Å²) < 4.78 is 5.25. The normalized spacial score (nSPS) is 20.4. The van der Waals surface area contributed by atoms with Gasteiger partial charge in [0.25, 0.3) is 0 Å². The van der Waals surface area contributed by atoms with E-state index < -0.39 is 0 Å². The van der Waals surface area contributed by atoms with Crippen molar-refractivity contribution in [3.05, 3.63) is 48.0 Å². The molecule has 2 rings (SSSR count). The highest BCUT2D eigenvalue weighted by Gasteiger charge is 2.27. The fraction of sp³-hybridized carbons (Fsp3) is 0.710. The lowest BCUT2D eigenvalue weighted by atomic mass is 9.94. The van der Waals surface area contributed by atoms with Crippen molar-refractivity contribution in [2.45, 2.75) is 104 Å². The molecule has 1 aromatic rings. The molecule has 0 spiro atoms. The van der Waals surface area contributed by atoms with E-state index in [9.17, 15) is 9.90 Å². The topological polar surface area (TPSA) is 58.6 Å². The van der Waals surface area contributed by atoms with Crippen molar-refractivity contribution in [3.63, 3.8) is 0 Å². The van der Waals surface area contributed by atoms with Gasteiger partial charge in [-0.25, -0.2) is 0 Å². The summed E-state index contributed by atoms with van der Waals surface area (Å²) in [5, 5.41) is 12.4. The van der Waals surface area contributed by atoms with Gasteiger partial charge in [0.2, 0.25) is 0 Å². The van der Waals surface area contributed by atoms with Crippen LogP contribution in [0.2, 0.25) is 0 Å². The Labute approximate surface area is 215 Å². The molecule has 0 unspecified atom stereocenters. The first-order valence-electron chi connectivity index (χ1n) is 14.1. The number of ether oxygens (including phenoxy) is 1. The van der Waals surface area contributed by atoms with Crippen LogP contribution in [0.4, 0.5) is 0 Å². The maximum Gasteiger partial charge on any atom is 0.305 e. The zero-order chi connectivity index (χ0) is 25.7. The highest BCUT2D eigenvalue weighted by Crippen LogP contribution is 2.37. The van der Waals surface area contributed by atoms with Crippen LogP contribution in [-0.2, 0) is 16.0 Å². The van der Waals surface area contributed by atoms with Gasteiger partial charge in [-0.3, -0.25) is 4.79 Å². The quantitative estimate of drug-likeness (QED) is 0.148. The lowest BCUT2D eigenvalue weighted by Gasteiger charge is -2.11. The number of unbranched alkanes of at least 4 members (excludes halogenated alkanes) is 3. The number of nitrogens with one attached hydrogen (secondary N) is 1. The van der Waals surface area contributed by atoms with Gasteiger partial charge in [0.1, 0.15) is 0 Å². The lowest BCUT2D eigenvalue weighted by molar-refractivity contribution is -0.143. The summed E-state index contributed by atoms with van der Waals surface area (Å²) in [4.78, 5) is 11.6. The van der Waals surface area contributed by atoms with Crippen molar-refractivity contribution in [3.8, 4) is 0 Å². The molecule has 0 aromatic heterocycles. The monoisotopic (exact) mass is 487 g/mol. The van der Waals surface area contributed by atoms with Crippen molar-refractivity contribution in [1.82, 2.24) is 5.32 Å². The number of benzene rings is 1. The fourth-order valence-corrected chi connectivity index (χ4v) is 4.78. The molecular weight excluding hydrogens is 434 g/mol. The molecule has 0 radical (unpaired) electrons. The summed E-state index contributed by atoms with van der Waals surface area (Å²) >= 11 is 0. The van der Waals surface area contributed by atoms with Gasteiger partial charge in [-0.2, -0.15) is 0 Å². The first kappa shape index (κ1) is 31.4. The summed E-state index contributed by atoms with van der Waals surface area (Å²) in [5.41, 5.74) is 1.31. The van der Waals surface area contributed by atoms with E-state index in [1.54, 1.807) is 0 Å². The molecule has 1 aliphatic rings. The van der Waals surface area contributed by atoms with Crippen molar-refractivity contribution in [2.75, 3.05) is 20.2 Å². The summed E-state index contributed by atoms with van der Waals surface area (Å²) in [6.45, 7) is 8.38. The van der Waals surface area contributed by atoms with Crippen LogP contribution in [0.1, 0.15) is 97.0 Å². The molecule has 0 amide bonds. The second kappa shape index (κ2) is 20.5. The average molecular weight is 488 g/mol. The molecule has 200 valence electrons. The van der Waals surface area contributed by atoms with E-state index in [4.69, 9.17) is 4.74 Å². The maximum absolute atomic E-state index is 11.6. The number of aliphatic hydroxyl groups is 1. The van der Waals surface area contributed by atoms with Gasteiger partial charge < -0.3 is 15.2 Å². The number of hydrogen-bond donors (Lipinski definition) is 2. The molecule has 1 saturated carbocycles. The molecule has 4 heteroatoms. The Morgan fingerprint density at radius 3 is 2.54 bits per heavy atom. The first-order valence-corrected chi connectivity index (χ1v) is 14.1. The van der Waals surface area contributed by atoms with Crippen LogP contribution >= 0.6 is 0 Å². The Morgan fingerprint density at radius 2 is 1.89 bits per heavy atom. The number of aryl methyl sites for hydroxylation is 1. The van der Waals surface area contributed by atoms with Crippen molar-refractivity contribution in [1.29, 1.82) is 0 Å². The van der Waals surface area contributed by atoms with E-state index in [-0.39, 0.29) is 12.1 Å². The molecule has 0 heterocycles. The van der Waals surface area contributed by atoms with Crippen LogP contribution in [0, 0.1) is 17.8 Å². The van der Waals surface area contributed by atoms with E-state index in [1.165, 1.54) is 24.8 Å². The van der Waals surface area contributed by atoms with Crippen molar-refractivity contribution < 1.29 is 14.6 Å². The van der Waals surface area contributed by atoms with E-state index in [0.29, 0.717) is 13.0 Å². The van der Waals surface area contributed by atoms with E-state index >= 15 is 0 Å². The second-order valence-electron chi connectivity index (χ2n) is 10.4. The van der Waals surface area contributed by atoms with Crippen LogP contribution < -0.4 is 5.32 Å². The summed E-state index contributed by atoms with van der Waals surface area (Å²) in [6, 6.07) is 10.3. The number of carbonyl (C=O) groups is 1. The molecule has 0 bridgehead atoms. The molecule has 35 heavy (non-hydrogen) atoms.